The molecule has 0 spiro atoms. The van der Waals surface area contributed by atoms with Crippen LogP contribution in [0.15, 0.2) is 24.3 Å². The second kappa shape index (κ2) is 5.51. The Morgan fingerprint density at radius 2 is 1.94 bits per heavy atom. The lowest BCUT2D eigenvalue weighted by Gasteiger charge is -2.08. The molecule has 4 nitrogen and oxygen atoms in total. The SMILES string of the molecule is CC(C)NC(=O)C(=O)Nc1cccc(Cl)c1. The van der Waals surface area contributed by atoms with Gasteiger partial charge in [-0.3, -0.25) is 9.59 Å². The summed E-state index contributed by atoms with van der Waals surface area (Å²) in [6.45, 7) is 3.56. The van der Waals surface area contributed by atoms with E-state index in [0.29, 0.717) is 10.7 Å². The first-order chi connectivity index (χ1) is 7.49. The third-order valence-electron chi connectivity index (χ3n) is 1.71. The van der Waals surface area contributed by atoms with Crippen molar-refractivity contribution in [1.82, 2.24) is 5.32 Å². The predicted octanol–water partition coefficient (Wildman–Crippen LogP) is 1.80. The summed E-state index contributed by atoms with van der Waals surface area (Å²) in [5.41, 5.74) is 0.497. The highest BCUT2D eigenvalue weighted by molar-refractivity contribution is 6.39. The van der Waals surface area contributed by atoms with E-state index in [2.05, 4.69) is 10.6 Å². The molecule has 0 atom stereocenters. The quantitative estimate of drug-likeness (QED) is 0.775. The van der Waals surface area contributed by atoms with Crippen LogP contribution in [0.5, 0.6) is 0 Å². The summed E-state index contributed by atoms with van der Waals surface area (Å²) in [7, 11) is 0. The molecule has 0 saturated heterocycles. The summed E-state index contributed by atoms with van der Waals surface area (Å²) >= 11 is 5.74. The molecule has 0 aliphatic heterocycles. The number of anilines is 1. The number of carbonyl (C=O) groups excluding carboxylic acids is 2. The lowest BCUT2D eigenvalue weighted by Crippen LogP contribution is -2.39. The lowest BCUT2D eigenvalue weighted by molar-refractivity contribution is -0.136. The molecule has 0 aliphatic rings. The molecule has 0 unspecified atom stereocenters. The van der Waals surface area contributed by atoms with Crippen LogP contribution in [0.1, 0.15) is 13.8 Å². The van der Waals surface area contributed by atoms with Gasteiger partial charge >= 0.3 is 11.8 Å². The van der Waals surface area contributed by atoms with Gasteiger partial charge in [0.05, 0.1) is 0 Å². The van der Waals surface area contributed by atoms with E-state index in [-0.39, 0.29) is 6.04 Å². The van der Waals surface area contributed by atoms with Crippen molar-refractivity contribution in [3.8, 4) is 0 Å². The minimum atomic E-state index is -0.698. The number of nitrogens with one attached hydrogen (secondary N) is 2. The molecule has 0 radical (unpaired) electrons. The molecular formula is C11H13ClN2O2. The van der Waals surface area contributed by atoms with E-state index in [1.807, 2.05) is 0 Å². The van der Waals surface area contributed by atoms with Crippen molar-refractivity contribution in [3.63, 3.8) is 0 Å². The fraction of sp³-hybridized carbons (Fsp3) is 0.273. The van der Waals surface area contributed by atoms with Crippen LogP contribution >= 0.6 is 11.6 Å². The summed E-state index contributed by atoms with van der Waals surface area (Å²) < 4.78 is 0. The number of benzene rings is 1. The van der Waals surface area contributed by atoms with E-state index in [1.165, 1.54) is 0 Å². The Morgan fingerprint density at radius 3 is 2.50 bits per heavy atom. The molecule has 1 aromatic carbocycles. The van der Waals surface area contributed by atoms with Crippen LogP contribution in [0.3, 0.4) is 0 Å². The van der Waals surface area contributed by atoms with Crippen LogP contribution in [-0.2, 0) is 9.59 Å². The number of amides is 2. The zero-order chi connectivity index (χ0) is 12.1. The van der Waals surface area contributed by atoms with Crippen LogP contribution < -0.4 is 10.6 Å². The van der Waals surface area contributed by atoms with Crippen LogP contribution in [0.4, 0.5) is 5.69 Å². The van der Waals surface area contributed by atoms with E-state index in [0.717, 1.165) is 0 Å². The topological polar surface area (TPSA) is 58.2 Å². The van der Waals surface area contributed by atoms with Gasteiger partial charge in [0, 0.05) is 16.8 Å². The molecule has 16 heavy (non-hydrogen) atoms. The fourth-order valence-electron chi connectivity index (χ4n) is 1.08. The Hall–Kier alpha value is -1.55. The first-order valence-corrected chi connectivity index (χ1v) is 5.24. The molecule has 0 aliphatic carbocycles. The first-order valence-electron chi connectivity index (χ1n) is 4.86. The van der Waals surface area contributed by atoms with Gasteiger partial charge in [-0.25, -0.2) is 0 Å². The minimum absolute atomic E-state index is 0.0717. The smallest absolute Gasteiger partial charge is 0.313 e. The van der Waals surface area contributed by atoms with E-state index < -0.39 is 11.8 Å². The Bertz CT molecular complexity index is 405. The van der Waals surface area contributed by atoms with Crippen LogP contribution in [0.2, 0.25) is 5.02 Å². The van der Waals surface area contributed by atoms with Gasteiger partial charge in [-0.05, 0) is 32.0 Å². The van der Waals surface area contributed by atoms with Crippen LogP contribution in [0, 0.1) is 0 Å². The highest BCUT2D eigenvalue weighted by atomic mass is 35.5. The number of rotatable bonds is 2. The maximum absolute atomic E-state index is 11.4. The number of hydrogen-bond acceptors (Lipinski definition) is 2. The largest absolute Gasteiger partial charge is 0.346 e. The fourth-order valence-corrected chi connectivity index (χ4v) is 1.27. The molecule has 0 heterocycles. The summed E-state index contributed by atoms with van der Waals surface area (Å²) in [6.07, 6.45) is 0. The third-order valence-corrected chi connectivity index (χ3v) is 1.94. The van der Waals surface area contributed by atoms with Crippen molar-refractivity contribution < 1.29 is 9.59 Å². The average molecular weight is 241 g/mol. The van der Waals surface area contributed by atoms with Gasteiger partial charge in [0.2, 0.25) is 0 Å². The summed E-state index contributed by atoms with van der Waals surface area (Å²) in [5.74, 6) is -1.36. The van der Waals surface area contributed by atoms with Crippen molar-refractivity contribution in [1.29, 1.82) is 0 Å². The molecule has 0 fully saturated rings. The number of carbonyl (C=O) groups is 2. The molecule has 86 valence electrons. The van der Waals surface area contributed by atoms with E-state index in [4.69, 9.17) is 11.6 Å². The summed E-state index contributed by atoms with van der Waals surface area (Å²) in [5, 5.41) is 5.45. The molecule has 2 N–H and O–H groups in total. The Labute approximate surface area is 99.0 Å². The monoisotopic (exact) mass is 240 g/mol. The highest BCUT2D eigenvalue weighted by Gasteiger charge is 2.14. The molecule has 0 bridgehead atoms. The number of hydrogen-bond donors (Lipinski definition) is 2. The second-order valence-electron chi connectivity index (χ2n) is 3.59. The van der Waals surface area contributed by atoms with Crippen molar-refractivity contribution in [2.75, 3.05) is 5.32 Å². The molecule has 2 amide bonds. The van der Waals surface area contributed by atoms with E-state index in [1.54, 1.807) is 38.1 Å². The molecule has 1 aromatic rings. The maximum atomic E-state index is 11.4. The Morgan fingerprint density at radius 1 is 1.25 bits per heavy atom. The molecule has 5 heteroatoms. The third kappa shape index (κ3) is 3.90. The lowest BCUT2D eigenvalue weighted by atomic mass is 10.3. The van der Waals surface area contributed by atoms with Crippen molar-refractivity contribution in [2.45, 2.75) is 19.9 Å². The summed E-state index contributed by atoms with van der Waals surface area (Å²) in [4.78, 5) is 22.7. The molecular weight excluding hydrogens is 228 g/mol. The van der Waals surface area contributed by atoms with Gasteiger partial charge in [0.25, 0.3) is 0 Å². The zero-order valence-corrected chi connectivity index (χ0v) is 9.84. The van der Waals surface area contributed by atoms with Crippen LogP contribution in [0.25, 0.3) is 0 Å². The standard InChI is InChI=1S/C11H13ClN2O2/c1-7(2)13-10(15)11(16)14-9-5-3-4-8(12)6-9/h3-7H,1-2H3,(H,13,15)(H,14,16). The van der Waals surface area contributed by atoms with Gasteiger partial charge in [-0.2, -0.15) is 0 Å². The zero-order valence-electron chi connectivity index (χ0n) is 9.08. The first kappa shape index (κ1) is 12.5. The average Bonchev–Trinajstić information content (AvgIpc) is 2.16. The van der Waals surface area contributed by atoms with Crippen LogP contribution in [-0.4, -0.2) is 17.9 Å². The highest BCUT2D eigenvalue weighted by Crippen LogP contribution is 2.14. The van der Waals surface area contributed by atoms with Crippen molar-refractivity contribution >= 4 is 29.1 Å². The Kier molecular flexibility index (Phi) is 4.31. The normalized spacial score (nSPS) is 10.0. The maximum Gasteiger partial charge on any atom is 0.313 e. The molecule has 0 saturated carbocycles. The Balaban J connectivity index is 2.61. The van der Waals surface area contributed by atoms with Gasteiger partial charge in [-0.1, -0.05) is 17.7 Å². The second-order valence-corrected chi connectivity index (χ2v) is 4.03. The van der Waals surface area contributed by atoms with Gasteiger partial charge in [0.1, 0.15) is 0 Å². The van der Waals surface area contributed by atoms with Crippen molar-refractivity contribution in [3.05, 3.63) is 29.3 Å². The van der Waals surface area contributed by atoms with Gasteiger partial charge in [-0.15, -0.1) is 0 Å². The molecule has 0 aromatic heterocycles. The molecule has 1 rings (SSSR count). The van der Waals surface area contributed by atoms with E-state index >= 15 is 0 Å². The minimum Gasteiger partial charge on any atom is -0.346 e. The summed E-state index contributed by atoms with van der Waals surface area (Å²) in [6, 6.07) is 6.54. The van der Waals surface area contributed by atoms with E-state index in [9.17, 15) is 9.59 Å². The van der Waals surface area contributed by atoms with Crippen molar-refractivity contribution in [2.24, 2.45) is 0 Å². The predicted molar refractivity (Wildman–Crippen MR) is 63.4 cm³/mol. The van der Waals surface area contributed by atoms with Gasteiger partial charge in [0.15, 0.2) is 0 Å². The van der Waals surface area contributed by atoms with Gasteiger partial charge < -0.3 is 10.6 Å². The number of halogens is 1.